The van der Waals surface area contributed by atoms with Crippen molar-refractivity contribution in [3.05, 3.63) is 70.5 Å². The third kappa shape index (κ3) is 4.70. The second-order valence-corrected chi connectivity index (χ2v) is 5.62. The summed E-state index contributed by atoms with van der Waals surface area (Å²) in [5, 5.41) is 2.94. The molecule has 2 N–H and O–H groups in total. The number of amides is 1. The van der Waals surface area contributed by atoms with E-state index >= 15 is 0 Å². The van der Waals surface area contributed by atoms with E-state index in [1.54, 1.807) is 24.3 Å². The first-order valence-electron chi connectivity index (χ1n) is 8.06. The molecule has 3 rings (SSSR count). The SMILES string of the molecule is O=C(COC(=O)c1cc(=O)[nH]c2ccccc12)Nc1ccc(OC(F)F)cc1. The summed E-state index contributed by atoms with van der Waals surface area (Å²) in [5.41, 5.74) is 0.351. The van der Waals surface area contributed by atoms with E-state index < -0.39 is 30.7 Å². The zero-order chi connectivity index (χ0) is 20.1. The monoisotopic (exact) mass is 388 g/mol. The standard InChI is InChI=1S/C19H14F2N2O5/c20-19(21)28-12-7-5-11(6-8-12)22-17(25)10-27-18(26)14-9-16(24)23-15-4-2-1-3-13(14)15/h1-9,19H,10H2,(H,22,25)(H,23,24). The first-order chi connectivity index (χ1) is 13.4. The van der Waals surface area contributed by atoms with Gasteiger partial charge in [-0.15, -0.1) is 0 Å². The molecule has 1 aromatic heterocycles. The molecule has 0 aliphatic carbocycles. The summed E-state index contributed by atoms with van der Waals surface area (Å²) < 4.78 is 33.4. The molecule has 0 atom stereocenters. The van der Waals surface area contributed by atoms with Crippen LogP contribution in [0.1, 0.15) is 10.4 Å². The third-order valence-corrected chi connectivity index (χ3v) is 3.67. The van der Waals surface area contributed by atoms with E-state index in [4.69, 9.17) is 4.74 Å². The van der Waals surface area contributed by atoms with Crippen molar-refractivity contribution < 1.29 is 27.8 Å². The van der Waals surface area contributed by atoms with Crippen LogP contribution < -0.4 is 15.6 Å². The van der Waals surface area contributed by atoms with Crippen molar-refractivity contribution in [3.8, 4) is 5.75 Å². The summed E-state index contributed by atoms with van der Waals surface area (Å²) >= 11 is 0. The van der Waals surface area contributed by atoms with Crippen molar-refractivity contribution in [1.82, 2.24) is 4.98 Å². The number of hydrogen-bond donors (Lipinski definition) is 2. The predicted octanol–water partition coefficient (Wildman–Crippen LogP) is 2.93. The van der Waals surface area contributed by atoms with Gasteiger partial charge in [-0.2, -0.15) is 8.78 Å². The highest BCUT2D eigenvalue weighted by molar-refractivity contribution is 6.04. The molecular formula is C19H14F2N2O5. The van der Waals surface area contributed by atoms with Gasteiger partial charge >= 0.3 is 12.6 Å². The number of aromatic nitrogens is 1. The van der Waals surface area contributed by atoms with Gasteiger partial charge in [-0.3, -0.25) is 9.59 Å². The Kier molecular flexibility index (Phi) is 5.64. The Labute approximate surface area is 156 Å². The fourth-order valence-corrected chi connectivity index (χ4v) is 2.50. The maximum absolute atomic E-state index is 12.3. The van der Waals surface area contributed by atoms with Crippen LogP contribution in [0.25, 0.3) is 10.9 Å². The first-order valence-corrected chi connectivity index (χ1v) is 8.06. The van der Waals surface area contributed by atoms with Crippen LogP contribution in [-0.4, -0.2) is 30.1 Å². The van der Waals surface area contributed by atoms with E-state index in [0.717, 1.165) is 6.07 Å². The second kappa shape index (κ2) is 8.30. The van der Waals surface area contributed by atoms with Crippen molar-refractivity contribution in [2.75, 3.05) is 11.9 Å². The van der Waals surface area contributed by atoms with Gasteiger partial charge in [0.05, 0.1) is 5.56 Å². The first kappa shape index (κ1) is 19.0. The lowest BCUT2D eigenvalue weighted by atomic mass is 10.1. The number of H-pyrrole nitrogens is 1. The number of halogens is 2. The minimum absolute atomic E-state index is 0.0423. The van der Waals surface area contributed by atoms with E-state index in [0.29, 0.717) is 16.6 Å². The maximum atomic E-state index is 12.3. The number of alkyl halides is 2. The van der Waals surface area contributed by atoms with Gasteiger partial charge < -0.3 is 19.8 Å². The molecular weight excluding hydrogens is 374 g/mol. The summed E-state index contributed by atoms with van der Waals surface area (Å²) in [4.78, 5) is 38.5. The number of aromatic amines is 1. The fraction of sp³-hybridized carbons (Fsp3) is 0.105. The van der Waals surface area contributed by atoms with Gasteiger partial charge in [-0.05, 0) is 30.3 Å². The Bertz CT molecular complexity index is 1060. The molecule has 2 aromatic carbocycles. The van der Waals surface area contributed by atoms with Crippen LogP contribution in [0.2, 0.25) is 0 Å². The number of ether oxygens (including phenoxy) is 2. The maximum Gasteiger partial charge on any atom is 0.387 e. The molecule has 144 valence electrons. The number of carbonyl (C=O) groups is 2. The average molecular weight is 388 g/mol. The Hall–Kier alpha value is -3.75. The van der Waals surface area contributed by atoms with Gasteiger partial charge in [-0.25, -0.2) is 4.79 Å². The zero-order valence-electron chi connectivity index (χ0n) is 14.3. The second-order valence-electron chi connectivity index (χ2n) is 5.62. The van der Waals surface area contributed by atoms with Crippen LogP contribution >= 0.6 is 0 Å². The molecule has 0 unspecified atom stereocenters. The highest BCUT2D eigenvalue weighted by Crippen LogP contribution is 2.18. The lowest BCUT2D eigenvalue weighted by Gasteiger charge is -2.09. The van der Waals surface area contributed by atoms with Gasteiger partial charge in [0.25, 0.3) is 5.91 Å². The van der Waals surface area contributed by atoms with Gasteiger partial charge in [0.15, 0.2) is 6.61 Å². The average Bonchev–Trinajstić information content (AvgIpc) is 2.66. The van der Waals surface area contributed by atoms with Gasteiger partial charge in [0, 0.05) is 22.7 Å². The molecule has 0 bridgehead atoms. The normalized spacial score (nSPS) is 10.7. The van der Waals surface area contributed by atoms with Gasteiger partial charge in [0.1, 0.15) is 5.75 Å². The highest BCUT2D eigenvalue weighted by Gasteiger charge is 2.15. The zero-order valence-corrected chi connectivity index (χ0v) is 14.3. The molecule has 0 spiro atoms. The summed E-state index contributed by atoms with van der Waals surface area (Å²) in [5.74, 6) is -1.51. The Morgan fingerprint density at radius 2 is 1.79 bits per heavy atom. The number of anilines is 1. The van der Waals surface area contributed by atoms with Crippen molar-refractivity contribution >= 4 is 28.5 Å². The molecule has 0 aliphatic rings. The third-order valence-electron chi connectivity index (χ3n) is 3.67. The van der Waals surface area contributed by atoms with Crippen molar-refractivity contribution in [2.24, 2.45) is 0 Å². The minimum Gasteiger partial charge on any atom is -0.452 e. The predicted molar refractivity (Wildman–Crippen MR) is 96.6 cm³/mol. The molecule has 0 aliphatic heterocycles. The smallest absolute Gasteiger partial charge is 0.387 e. The number of fused-ring (bicyclic) bond motifs is 1. The van der Waals surface area contributed by atoms with Crippen LogP contribution in [0, 0.1) is 0 Å². The molecule has 0 fully saturated rings. The van der Waals surface area contributed by atoms with E-state index in [-0.39, 0.29) is 11.3 Å². The van der Waals surface area contributed by atoms with Crippen molar-refractivity contribution in [2.45, 2.75) is 6.61 Å². The lowest BCUT2D eigenvalue weighted by molar-refractivity contribution is -0.119. The number of hydrogen-bond acceptors (Lipinski definition) is 5. The molecule has 0 radical (unpaired) electrons. The molecule has 0 saturated carbocycles. The number of nitrogens with one attached hydrogen (secondary N) is 2. The molecule has 7 nitrogen and oxygen atoms in total. The Morgan fingerprint density at radius 1 is 1.07 bits per heavy atom. The molecule has 1 heterocycles. The van der Waals surface area contributed by atoms with Crippen LogP contribution in [0.3, 0.4) is 0 Å². The van der Waals surface area contributed by atoms with E-state index in [1.807, 2.05) is 0 Å². The van der Waals surface area contributed by atoms with Crippen LogP contribution in [0.4, 0.5) is 14.5 Å². The number of pyridine rings is 1. The number of carbonyl (C=O) groups excluding carboxylic acids is 2. The molecule has 1 amide bonds. The molecule has 3 aromatic rings. The molecule has 9 heteroatoms. The van der Waals surface area contributed by atoms with Gasteiger partial charge in [0.2, 0.25) is 5.56 Å². The van der Waals surface area contributed by atoms with Crippen LogP contribution in [-0.2, 0) is 9.53 Å². The van der Waals surface area contributed by atoms with Crippen molar-refractivity contribution in [1.29, 1.82) is 0 Å². The summed E-state index contributed by atoms with van der Waals surface area (Å²) in [6.45, 7) is -3.53. The van der Waals surface area contributed by atoms with E-state index in [9.17, 15) is 23.2 Å². The lowest BCUT2D eigenvalue weighted by Crippen LogP contribution is -2.22. The quantitative estimate of drug-likeness (QED) is 0.633. The number of esters is 1. The molecule has 0 saturated heterocycles. The van der Waals surface area contributed by atoms with Crippen LogP contribution in [0.5, 0.6) is 5.75 Å². The fourth-order valence-electron chi connectivity index (χ4n) is 2.50. The van der Waals surface area contributed by atoms with E-state index in [1.165, 1.54) is 24.3 Å². The number of benzene rings is 2. The number of para-hydroxylation sites is 1. The van der Waals surface area contributed by atoms with Crippen molar-refractivity contribution in [3.63, 3.8) is 0 Å². The molecule has 28 heavy (non-hydrogen) atoms. The Balaban J connectivity index is 1.62. The topological polar surface area (TPSA) is 97.5 Å². The van der Waals surface area contributed by atoms with Crippen LogP contribution in [0.15, 0.2) is 59.4 Å². The summed E-state index contributed by atoms with van der Waals surface area (Å²) in [6.07, 6.45) is 0. The van der Waals surface area contributed by atoms with Gasteiger partial charge in [-0.1, -0.05) is 18.2 Å². The summed E-state index contributed by atoms with van der Waals surface area (Å²) in [6, 6.07) is 13.0. The minimum atomic E-state index is -2.94. The summed E-state index contributed by atoms with van der Waals surface area (Å²) in [7, 11) is 0. The Morgan fingerprint density at radius 3 is 2.50 bits per heavy atom. The number of rotatable bonds is 6. The van der Waals surface area contributed by atoms with E-state index in [2.05, 4.69) is 15.0 Å². The largest absolute Gasteiger partial charge is 0.452 e. The highest BCUT2D eigenvalue weighted by atomic mass is 19.3.